The van der Waals surface area contributed by atoms with Crippen LogP contribution in [0.4, 0.5) is 5.69 Å². The van der Waals surface area contributed by atoms with Crippen molar-refractivity contribution in [1.82, 2.24) is 0 Å². The summed E-state index contributed by atoms with van der Waals surface area (Å²) in [5, 5.41) is 10.0. The van der Waals surface area contributed by atoms with E-state index in [1.54, 1.807) is 24.3 Å². The van der Waals surface area contributed by atoms with Gasteiger partial charge in [-0.3, -0.25) is 4.79 Å². The number of para-hydroxylation sites is 3. The SMILES string of the molecule is O=C(COc1ccccc1O)N(CC1(C2CCCCCCC2)CCCS1)c1ccccc1. The molecule has 2 aromatic carbocycles. The largest absolute Gasteiger partial charge is 0.504 e. The van der Waals surface area contributed by atoms with E-state index < -0.39 is 0 Å². The van der Waals surface area contributed by atoms with Gasteiger partial charge in [0.2, 0.25) is 0 Å². The van der Waals surface area contributed by atoms with Crippen molar-refractivity contribution in [2.24, 2.45) is 5.92 Å². The number of anilines is 1. The van der Waals surface area contributed by atoms with Gasteiger partial charge < -0.3 is 14.7 Å². The van der Waals surface area contributed by atoms with Gasteiger partial charge in [0.25, 0.3) is 5.91 Å². The zero-order valence-electron chi connectivity index (χ0n) is 18.9. The number of rotatable bonds is 7. The fraction of sp³-hybridized carbons (Fsp3) is 0.519. The fourth-order valence-corrected chi connectivity index (χ4v) is 6.95. The number of ether oxygens (including phenoxy) is 1. The molecule has 2 aromatic rings. The Morgan fingerprint density at radius 3 is 2.34 bits per heavy atom. The predicted octanol–water partition coefficient (Wildman–Crippen LogP) is 6.43. The third kappa shape index (κ3) is 5.61. The Hall–Kier alpha value is -2.14. The van der Waals surface area contributed by atoms with Crippen molar-refractivity contribution in [1.29, 1.82) is 0 Å². The van der Waals surface area contributed by atoms with Gasteiger partial charge in [0.05, 0.1) is 0 Å². The molecule has 5 heteroatoms. The summed E-state index contributed by atoms with van der Waals surface area (Å²) in [4.78, 5) is 15.4. The molecule has 0 spiro atoms. The maximum absolute atomic E-state index is 13.5. The summed E-state index contributed by atoms with van der Waals surface area (Å²) in [7, 11) is 0. The van der Waals surface area contributed by atoms with Crippen LogP contribution in [0, 0.1) is 5.92 Å². The Morgan fingerprint density at radius 1 is 0.969 bits per heavy atom. The first-order valence-electron chi connectivity index (χ1n) is 12.1. The van der Waals surface area contributed by atoms with Gasteiger partial charge in [-0.05, 0) is 61.6 Å². The van der Waals surface area contributed by atoms with Gasteiger partial charge in [-0.15, -0.1) is 0 Å². The van der Waals surface area contributed by atoms with Gasteiger partial charge in [0.15, 0.2) is 18.1 Å². The Kier molecular flexibility index (Phi) is 8.01. The lowest BCUT2D eigenvalue weighted by Crippen LogP contribution is -2.48. The van der Waals surface area contributed by atoms with Crippen LogP contribution in [0.25, 0.3) is 0 Å². The first kappa shape index (κ1) is 23.0. The summed E-state index contributed by atoms with van der Waals surface area (Å²) in [6.07, 6.45) is 11.6. The Bertz CT molecular complexity index is 858. The van der Waals surface area contributed by atoms with Crippen molar-refractivity contribution in [2.45, 2.75) is 62.5 Å². The molecule has 0 radical (unpaired) electrons. The van der Waals surface area contributed by atoms with Crippen molar-refractivity contribution in [2.75, 3.05) is 23.8 Å². The van der Waals surface area contributed by atoms with Crippen molar-refractivity contribution < 1.29 is 14.6 Å². The van der Waals surface area contributed by atoms with E-state index in [4.69, 9.17) is 4.74 Å². The molecular formula is C27H35NO3S. The van der Waals surface area contributed by atoms with Crippen LogP contribution in [0.3, 0.4) is 0 Å². The molecule has 2 aliphatic rings. The molecule has 1 aliphatic carbocycles. The molecule has 2 fully saturated rings. The average Bonchev–Trinajstić information content (AvgIpc) is 3.27. The maximum atomic E-state index is 13.5. The molecule has 0 aromatic heterocycles. The third-order valence-corrected chi connectivity index (χ3v) is 8.73. The van der Waals surface area contributed by atoms with E-state index in [0.29, 0.717) is 11.7 Å². The number of hydrogen-bond acceptors (Lipinski definition) is 4. The zero-order valence-corrected chi connectivity index (χ0v) is 19.7. The van der Waals surface area contributed by atoms with Crippen LogP contribution in [0.5, 0.6) is 11.5 Å². The lowest BCUT2D eigenvalue weighted by atomic mass is 9.78. The number of carbonyl (C=O) groups is 1. The molecule has 4 rings (SSSR count). The van der Waals surface area contributed by atoms with Crippen molar-refractivity contribution in [3.05, 3.63) is 54.6 Å². The second-order valence-electron chi connectivity index (χ2n) is 9.13. The highest BCUT2D eigenvalue weighted by Gasteiger charge is 2.44. The van der Waals surface area contributed by atoms with E-state index in [1.807, 2.05) is 35.2 Å². The van der Waals surface area contributed by atoms with Crippen molar-refractivity contribution in [3.8, 4) is 11.5 Å². The number of carbonyl (C=O) groups excluding carboxylic acids is 1. The highest BCUT2D eigenvalue weighted by atomic mass is 32.2. The monoisotopic (exact) mass is 453 g/mol. The number of nitrogens with zero attached hydrogens (tertiary/aromatic N) is 1. The minimum absolute atomic E-state index is 0.0582. The Balaban J connectivity index is 1.55. The Labute approximate surface area is 196 Å². The highest BCUT2D eigenvalue weighted by molar-refractivity contribution is 8.01. The van der Waals surface area contributed by atoms with Crippen LogP contribution in [0.1, 0.15) is 57.8 Å². The molecule has 32 heavy (non-hydrogen) atoms. The topological polar surface area (TPSA) is 49.8 Å². The normalized spacial score (nSPS) is 22.1. The molecule has 1 unspecified atom stereocenters. The average molecular weight is 454 g/mol. The number of phenols is 1. The zero-order chi connectivity index (χ0) is 22.2. The minimum atomic E-state index is -0.0854. The Morgan fingerprint density at radius 2 is 1.66 bits per heavy atom. The van der Waals surface area contributed by atoms with Crippen LogP contribution < -0.4 is 9.64 Å². The van der Waals surface area contributed by atoms with E-state index in [9.17, 15) is 9.90 Å². The molecule has 1 aliphatic heterocycles. The first-order chi connectivity index (χ1) is 15.7. The number of benzene rings is 2. The molecule has 0 bridgehead atoms. The second-order valence-corrected chi connectivity index (χ2v) is 10.6. The van der Waals surface area contributed by atoms with E-state index >= 15 is 0 Å². The van der Waals surface area contributed by atoms with Gasteiger partial charge >= 0.3 is 0 Å². The molecule has 1 amide bonds. The predicted molar refractivity (Wildman–Crippen MR) is 133 cm³/mol. The van der Waals surface area contributed by atoms with Gasteiger partial charge in [-0.2, -0.15) is 11.8 Å². The number of phenolic OH excluding ortho intramolecular Hbond substituents is 1. The summed E-state index contributed by atoms with van der Waals surface area (Å²) >= 11 is 2.10. The summed E-state index contributed by atoms with van der Waals surface area (Å²) in [5.74, 6) is 2.19. The number of amides is 1. The minimum Gasteiger partial charge on any atom is -0.504 e. The van der Waals surface area contributed by atoms with E-state index in [2.05, 4.69) is 11.8 Å². The number of thioether (sulfide) groups is 1. The molecule has 1 saturated carbocycles. The van der Waals surface area contributed by atoms with E-state index in [1.165, 1.54) is 63.5 Å². The highest BCUT2D eigenvalue weighted by Crippen LogP contribution is 2.49. The summed E-state index contributed by atoms with van der Waals surface area (Å²) in [6, 6.07) is 16.8. The van der Waals surface area contributed by atoms with Gasteiger partial charge in [-0.1, -0.05) is 62.4 Å². The third-order valence-electron chi connectivity index (χ3n) is 6.99. The van der Waals surface area contributed by atoms with Crippen molar-refractivity contribution in [3.63, 3.8) is 0 Å². The molecule has 1 atom stereocenters. The van der Waals surface area contributed by atoms with Crippen LogP contribution in [0.15, 0.2) is 54.6 Å². The molecular weight excluding hydrogens is 418 g/mol. The molecule has 1 N–H and O–H groups in total. The van der Waals surface area contributed by atoms with E-state index in [-0.39, 0.29) is 23.0 Å². The molecule has 1 saturated heterocycles. The number of hydrogen-bond donors (Lipinski definition) is 1. The van der Waals surface area contributed by atoms with Gasteiger partial charge in [-0.25, -0.2) is 0 Å². The van der Waals surface area contributed by atoms with E-state index in [0.717, 1.165) is 12.2 Å². The molecule has 4 nitrogen and oxygen atoms in total. The summed E-state index contributed by atoms with van der Waals surface area (Å²) < 4.78 is 5.86. The molecule has 172 valence electrons. The quantitative estimate of drug-likeness (QED) is 0.525. The maximum Gasteiger partial charge on any atom is 0.264 e. The van der Waals surface area contributed by atoms with Crippen molar-refractivity contribution >= 4 is 23.4 Å². The first-order valence-corrected chi connectivity index (χ1v) is 13.1. The fourth-order valence-electron chi connectivity index (χ4n) is 5.27. The smallest absolute Gasteiger partial charge is 0.264 e. The van der Waals surface area contributed by atoms with Gasteiger partial charge in [0.1, 0.15) is 0 Å². The lowest BCUT2D eigenvalue weighted by Gasteiger charge is -2.41. The summed E-state index contributed by atoms with van der Waals surface area (Å²) in [5.41, 5.74) is 0.927. The van der Waals surface area contributed by atoms with Crippen LogP contribution in [-0.4, -0.2) is 34.7 Å². The van der Waals surface area contributed by atoms with Gasteiger partial charge in [0, 0.05) is 17.0 Å². The summed E-state index contributed by atoms with van der Waals surface area (Å²) in [6.45, 7) is 0.646. The van der Waals surface area contributed by atoms with Crippen LogP contribution >= 0.6 is 11.8 Å². The second kappa shape index (κ2) is 11.1. The number of aromatic hydroxyl groups is 1. The lowest BCUT2D eigenvalue weighted by molar-refractivity contribution is -0.120. The van der Waals surface area contributed by atoms with Crippen LogP contribution in [-0.2, 0) is 4.79 Å². The van der Waals surface area contributed by atoms with Crippen LogP contribution in [0.2, 0.25) is 0 Å². The standard InChI is InChI=1S/C27H35NO3S/c29-24-16-9-10-17-25(24)31-20-26(30)28(23-14-7-4-8-15-23)21-27(18-11-19-32-27)22-12-5-2-1-3-6-13-22/h4,7-10,14-17,22,29H,1-3,5-6,11-13,18-21H2. The molecule has 1 heterocycles.